The number of rotatable bonds is 3. The van der Waals surface area contributed by atoms with Gasteiger partial charge in [-0.1, -0.05) is 0 Å². The van der Waals surface area contributed by atoms with Gasteiger partial charge in [0, 0.05) is 12.7 Å². The second-order valence-electron chi connectivity index (χ2n) is 4.98. The first-order valence-corrected chi connectivity index (χ1v) is 6.82. The predicted octanol–water partition coefficient (Wildman–Crippen LogP) is 1.60. The third kappa shape index (κ3) is 2.62. The van der Waals surface area contributed by atoms with E-state index < -0.39 is 0 Å². The molecule has 6 heteroatoms. The van der Waals surface area contributed by atoms with E-state index in [1.165, 1.54) is 12.8 Å². The van der Waals surface area contributed by atoms with Crippen LogP contribution in [0.2, 0.25) is 0 Å². The van der Waals surface area contributed by atoms with E-state index in [0.717, 1.165) is 25.3 Å². The van der Waals surface area contributed by atoms with E-state index >= 15 is 0 Å². The van der Waals surface area contributed by atoms with Crippen LogP contribution in [0.25, 0.3) is 0 Å². The van der Waals surface area contributed by atoms with E-state index in [-0.39, 0.29) is 0 Å². The fraction of sp³-hybridized carbons (Fsp3) is 0.429. The molecule has 1 atom stereocenters. The molecule has 0 bridgehead atoms. The van der Waals surface area contributed by atoms with Crippen molar-refractivity contribution >= 4 is 5.82 Å². The molecule has 0 saturated carbocycles. The fourth-order valence-electron chi connectivity index (χ4n) is 2.66. The number of nitrogens with zero attached hydrogens (tertiary/aromatic N) is 6. The number of aromatic nitrogens is 4. The predicted molar refractivity (Wildman–Crippen MR) is 74.0 cm³/mol. The summed E-state index contributed by atoms with van der Waals surface area (Å²) in [6.07, 6.45) is 8.48. The molecule has 1 aliphatic rings. The zero-order chi connectivity index (χ0) is 13.8. The van der Waals surface area contributed by atoms with Gasteiger partial charge in [-0.15, -0.1) is 0 Å². The zero-order valence-electron chi connectivity index (χ0n) is 11.2. The van der Waals surface area contributed by atoms with Crippen LogP contribution in [-0.4, -0.2) is 32.3 Å². The maximum atomic E-state index is 8.84. The van der Waals surface area contributed by atoms with Crippen LogP contribution in [0.4, 0.5) is 5.82 Å². The lowest BCUT2D eigenvalue weighted by atomic mass is 10.0. The molecule has 6 nitrogen and oxygen atoms in total. The van der Waals surface area contributed by atoms with Crippen molar-refractivity contribution in [2.24, 2.45) is 0 Å². The number of piperidine rings is 1. The van der Waals surface area contributed by atoms with Crippen molar-refractivity contribution in [3.63, 3.8) is 0 Å². The largest absolute Gasteiger partial charge is 0.352 e. The van der Waals surface area contributed by atoms with Gasteiger partial charge in [0.2, 0.25) is 0 Å². The molecule has 1 aliphatic heterocycles. The van der Waals surface area contributed by atoms with E-state index in [0.29, 0.717) is 11.6 Å². The van der Waals surface area contributed by atoms with Gasteiger partial charge in [0.25, 0.3) is 0 Å². The second-order valence-corrected chi connectivity index (χ2v) is 4.98. The standard InChI is InChI=1S/C14H16N6/c15-7-12-4-5-14(17-8-12)20-6-2-1-3-13(20)9-19-11-16-10-18-19/h4-5,8,10-11,13H,1-3,6,9H2. The molecular formula is C14H16N6. The normalized spacial score (nSPS) is 18.8. The molecule has 0 aliphatic carbocycles. The number of nitriles is 1. The van der Waals surface area contributed by atoms with Gasteiger partial charge in [-0.05, 0) is 31.4 Å². The average molecular weight is 268 g/mol. The maximum Gasteiger partial charge on any atom is 0.137 e. The Kier molecular flexibility index (Phi) is 3.59. The zero-order valence-corrected chi connectivity index (χ0v) is 11.2. The summed E-state index contributed by atoms with van der Waals surface area (Å²) >= 11 is 0. The van der Waals surface area contributed by atoms with Crippen LogP contribution in [0, 0.1) is 11.3 Å². The van der Waals surface area contributed by atoms with Crippen LogP contribution < -0.4 is 4.90 Å². The van der Waals surface area contributed by atoms with Crippen molar-refractivity contribution in [1.82, 2.24) is 19.7 Å². The van der Waals surface area contributed by atoms with E-state index in [1.54, 1.807) is 18.9 Å². The van der Waals surface area contributed by atoms with Gasteiger partial charge in [0.15, 0.2) is 0 Å². The average Bonchev–Trinajstić information content (AvgIpc) is 3.01. The summed E-state index contributed by atoms with van der Waals surface area (Å²) in [7, 11) is 0. The highest BCUT2D eigenvalue weighted by molar-refractivity contribution is 5.43. The minimum atomic E-state index is 0.380. The molecule has 1 saturated heterocycles. The Bertz CT molecular complexity index is 583. The number of hydrogen-bond acceptors (Lipinski definition) is 5. The Hall–Kier alpha value is -2.42. The smallest absolute Gasteiger partial charge is 0.137 e. The highest BCUT2D eigenvalue weighted by Crippen LogP contribution is 2.24. The SMILES string of the molecule is N#Cc1ccc(N2CCCCC2Cn2cncn2)nc1. The maximum absolute atomic E-state index is 8.84. The molecule has 20 heavy (non-hydrogen) atoms. The molecule has 0 radical (unpaired) electrons. The van der Waals surface area contributed by atoms with Gasteiger partial charge in [0.1, 0.15) is 24.5 Å². The minimum Gasteiger partial charge on any atom is -0.352 e. The molecule has 3 heterocycles. The highest BCUT2D eigenvalue weighted by Gasteiger charge is 2.24. The van der Waals surface area contributed by atoms with Crippen LogP contribution in [0.1, 0.15) is 24.8 Å². The van der Waals surface area contributed by atoms with E-state index in [1.807, 2.05) is 16.8 Å². The van der Waals surface area contributed by atoms with Crippen LogP contribution in [-0.2, 0) is 6.54 Å². The molecular weight excluding hydrogens is 252 g/mol. The van der Waals surface area contributed by atoms with E-state index in [4.69, 9.17) is 5.26 Å². The van der Waals surface area contributed by atoms with Crippen molar-refractivity contribution in [3.05, 3.63) is 36.5 Å². The molecule has 1 unspecified atom stereocenters. The van der Waals surface area contributed by atoms with Crippen molar-refractivity contribution in [2.45, 2.75) is 31.8 Å². The number of anilines is 1. The molecule has 1 fully saturated rings. The van der Waals surface area contributed by atoms with Gasteiger partial charge < -0.3 is 4.90 Å². The molecule has 0 N–H and O–H groups in total. The van der Waals surface area contributed by atoms with Crippen molar-refractivity contribution in [3.8, 4) is 6.07 Å². The first-order valence-electron chi connectivity index (χ1n) is 6.82. The number of hydrogen-bond donors (Lipinski definition) is 0. The van der Waals surface area contributed by atoms with Gasteiger partial charge >= 0.3 is 0 Å². The summed E-state index contributed by atoms with van der Waals surface area (Å²) in [6, 6.07) is 6.23. The third-order valence-corrected chi connectivity index (χ3v) is 3.66. The Balaban J connectivity index is 1.79. The summed E-state index contributed by atoms with van der Waals surface area (Å²) in [6.45, 7) is 1.82. The van der Waals surface area contributed by atoms with Crippen LogP contribution in [0.15, 0.2) is 31.0 Å². The Morgan fingerprint density at radius 3 is 3.00 bits per heavy atom. The Morgan fingerprint density at radius 1 is 1.35 bits per heavy atom. The van der Waals surface area contributed by atoms with Gasteiger partial charge in [-0.3, -0.25) is 4.68 Å². The van der Waals surface area contributed by atoms with Crippen LogP contribution in [0.5, 0.6) is 0 Å². The second kappa shape index (κ2) is 5.70. The van der Waals surface area contributed by atoms with E-state index in [2.05, 4.69) is 26.0 Å². The lowest BCUT2D eigenvalue weighted by molar-refractivity contribution is 0.396. The van der Waals surface area contributed by atoms with Crippen molar-refractivity contribution in [1.29, 1.82) is 5.26 Å². The van der Waals surface area contributed by atoms with Crippen LogP contribution in [0.3, 0.4) is 0 Å². The third-order valence-electron chi connectivity index (χ3n) is 3.66. The molecule has 0 amide bonds. The minimum absolute atomic E-state index is 0.380. The van der Waals surface area contributed by atoms with Crippen molar-refractivity contribution in [2.75, 3.05) is 11.4 Å². The summed E-state index contributed by atoms with van der Waals surface area (Å²) in [5, 5.41) is 13.0. The summed E-state index contributed by atoms with van der Waals surface area (Å²) in [5.41, 5.74) is 0.596. The summed E-state index contributed by atoms with van der Waals surface area (Å²) in [5.74, 6) is 0.939. The monoisotopic (exact) mass is 268 g/mol. The molecule has 2 aromatic heterocycles. The Labute approximate surface area is 117 Å². The quantitative estimate of drug-likeness (QED) is 0.845. The van der Waals surface area contributed by atoms with Gasteiger partial charge in [0.05, 0.1) is 18.2 Å². The molecule has 102 valence electrons. The first kappa shape index (κ1) is 12.6. The molecule has 2 aromatic rings. The van der Waals surface area contributed by atoms with Gasteiger partial charge in [-0.2, -0.15) is 10.4 Å². The fourth-order valence-corrected chi connectivity index (χ4v) is 2.66. The molecule has 0 aromatic carbocycles. The van der Waals surface area contributed by atoms with Crippen LogP contribution >= 0.6 is 0 Å². The molecule has 3 rings (SSSR count). The lowest BCUT2D eigenvalue weighted by Crippen LogP contribution is -2.42. The topological polar surface area (TPSA) is 70.6 Å². The Morgan fingerprint density at radius 2 is 2.30 bits per heavy atom. The summed E-state index contributed by atoms with van der Waals surface area (Å²) < 4.78 is 1.87. The first-order chi connectivity index (χ1) is 9.86. The number of pyridine rings is 1. The summed E-state index contributed by atoms with van der Waals surface area (Å²) in [4.78, 5) is 10.7. The van der Waals surface area contributed by atoms with E-state index in [9.17, 15) is 0 Å². The molecule has 0 spiro atoms. The van der Waals surface area contributed by atoms with Gasteiger partial charge in [-0.25, -0.2) is 9.97 Å². The highest BCUT2D eigenvalue weighted by atomic mass is 15.3. The lowest BCUT2D eigenvalue weighted by Gasteiger charge is -2.36. The van der Waals surface area contributed by atoms with Crippen molar-refractivity contribution < 1.29 is 0 Å².